The highest BCUT2D eigenvalue weighted by molar-refractivity contribution is 7.25. The van der Waals surface area contributed by atoms with Crippen LogP contribution in [0.5, 0.6) is 0 Å². The lowest BCUT2D eigenvalue weighted by atomic mass is 10.0. The number of rotatable bonds is 3. The zero-order valence-electron chi connectivity index (χ0n) is 22.7. The molecule has 0 unspecified atom stereocenters. The summed E-state index contributed by atoms with van der Waals surface area (Å²) in [7, 11) is 0. The Balaban J connectivity index is 1.36. The van der Waals surface area contributed by atoms with Crippen molar-refractivity contribution in [1.29, 1.82) is 0 Å². The predicted octanol–water partition coefficient (Wildman–Crippen LogP) is 11.0. The molecule has 9 rings (SSSR count). The summed E-state index contributed by atoms with van der Waals surface area (Å²) in [4.78, 5) is 5.22. The maximum absolute atomic E-state index is 5.22. The molecule has 0 fully saturated rings. The van der Waals surface area contributed by atoms with Crippen LogP contribution in [-0.2, 0) is 0 Å². The van der Waals surface area contributed by atoms with Gasteiger partial charge in [-0.05, 0) is 53.2 Å². The number of pyridine rings is 1. The molecule has 0 amide bonds. The largest absolute Gasteiger partial charge is 0.309 e. The van der Waals surface area contributed by atoms with E-state index in [1.54, 1.807) is 0 Å². The van der Waals surface area contributed by atoms with Crippen LogP contribution in [0.3, 0.4) is 0 Å². The van der Waals surface area contributed by atoms with Crippen LogP contribution >= 0.6 is 11.3 Å². The highest BCUT2D eigenvalue weighted by atomic mass is 32.1. The van der Waals surface area contributed by atoms with E-state index in [1.807, 2.05) is 11.3 Å². The topological polar surface area (TPSA) is 17.8 Å². The van der Waals surface area contributed by atoms with Crippen LogP contribution in [0.25, 0.3) is 81.0 Å². The molecule has 0 radical (unpaired) electrons. The van der Waals surface area contributed by atoms with Crippen LogP contribution in [-0.4, -0.2) is 9.55 Å². The second-order valence-electron chi connectivity index (χ2n) is 10.8. The first kappa shape index (κ1) is 23.5. The van der Waals surface area contributed by atoms with Gasteiger partial charge in [-0.2, -0.15) is 0 Å². The SMILES string of the molecule is c1ccc(-c2cc(-n3c4ccccc4c4cc5c(cc43)sc3ccccc35)cc(-c3ccc4ccccc4c3)n2)cc1. The number of aromatic nitrogens is 2. The second kappa shape index (κ2) is 9.13. The number of hydrogen-bond acceptors (Lipinski definition) is 2. The standard InChI is InChI=1S/C39H24N2S/c1-2-11-26(12-3-1)34-21-29(22-35(40-34)28-19-18-25-10-4-5-13-27(25)20-28)41-36-16-8-6-14-30(36)32-23-33-31-15-7-9-17-38(31)42-39(33)24-37(32)41/h1-24H. The van der Waals surface area contributed by atoms with Gasteiger partial charge in [-0.25, -0.2) is 4.98 Å². The Labute approximate surface area is 246 Å². The van der Waals surface area contributed by atoms with Crippen molar-refractivity contribution in [1.82, 2.24) is 9.55 Å². The summed E-state index contributed by atoms with van der Waals surface area (Å²) in [5.41, 5.74) is 7.67. The molecule has 9 aromatic rings. The Morgan fingerprint density at radius 3 is 2.02 bits per heavy atom. The molecule has 0 aliphatic carbocycles. The number of benzene rings is 6. The molecule has 0 aliphatic rings. The van der Waals surface area contributed by atoms with Crippen LogP contribution < -0.4 is 0 Å². The van der Waals surface area contributed by atoms with Crippen LogP contribution in [0, 0.1) is 0 Å². The van der Waals surface area contributed by atoms with Crippen LogP contribution in [0.1, 0.15) is 0 Å². The third-order valence-corrected chi connectivity index (χ3v) is 9.49. The summed E-state index contributed by atoms with van der Waals surface area (Å²) >= 11 is 1.87. The molecule has 0 saturated carbocycles. The number of para-hydroxylation sites is 1. The molecule has 3 aromatic heterocycles. The average Bonchev–Trinajstić information content (AvgIpc) is 3.58. The first-order chi connectivity index (χ1) is 20.8. The van der Waals surface area contributed by atoms with Gasteiger partial charge < -0.3 is 4.57 Å². The minimum Gasteiger partial charge on any atom is -0.309 e. The fraction of sp³-hybridized carbons (Fsp3) is 0. The number of fused-ring (bicyclic) bond motifs is 7. The van der Waals surface area contributed by atoms with Crippen molar-refractivity contribution in [2.45, 2.75) is 0 Å². The summed E-state index contributed by atoms with van der Waals surface area (Å²) < 4.78 is 5.05. The van der Waals surface area contributed by atoms with E-state index in [9.17, 15) is 0 Å². The monoisotopic (exact) mass is 552 g/mol. The van der Waals surface area contributed by atoms with Gasteiger partial charge in [0.1, 0.15) is 0 Å². The Bertz CT molecular complexity index is 2470. The van der Waals surface area contributed by atoms with Crippen molar-refractivity contribution < 1.29 is 0 Å². The lowest BCUT2D eigenvalue weighted by molar-refractivity contribution is 1.16. The zero-order valence-corrected chi connectivity index (χ0v) is 23.5. The first-order valence-corrected chi connectivity index (χ1v) is 15.0. The van der Waals surface area contributed by atoms with Crippen molar-refractivity contribution in [2.75, 3.05) is 0 Å². The highest BCUT2D eigenvalue weighted by Gasteiger charge is 2.17. The Morgan fingerprint density at radius 2 is 1.14 bits per heavy atom. The number of nitrogens with zero attached hydrogens (tertiary/aromatic N) is 2. The van der Waals surface area contributed by atoms with Crippen LogP contribution in [0.15, 0.2) is 146 Å². The molecule has 0 saturated heterocycles. The van der Waals surface area contributed by atoms with Gasteiger partial charge in [-0.1, -0.05) is 103 Å². The summed E-state index contributed by atoms with van der Waals surface area (Å²) in [6.45, 7) is 0. The summed E-state index contributed by atoms with van der Waals surface area (Å²) in [6.07, 6.45) is 0. The van der Waals surface area contributed by atoms with E-state index in [0.29, 0.717) is 0 Å². The smallest absolute Gasteiger partial charge is 0.0730 e. The van der Waals surface area contributed by atoms with Gasteiger partial charge in [-0.15, -0.1) is 11.3 Å². The maximum Gasteiger partial charge on any atom is 0.0730 e. The normalized spacial score (nSPS) is 11.8. The lowest BCUT2D eigenvalue weighted by Crippen LogP contribution is -1.98. The van der Waals surface area contributed by atoms with Gasteiger partial charge in [0.15, 0.2) is 0 Å². The van der Waals surface area contributed by atoms with Crippen molar-refractivity contribution in [3.8, 4) is 28.2 Å². The van der Waals surface area contributed by atoms with E-state index in [2.05, 4.69) is 150 Å². The number of thiophene rings is 1. The molecule has 196 valence electrons. The predicted molar refractivity (Wildman–Crippen MR) is 180 cm³/mol. The second-order valence-corrected chi connectivity index (χ2v) is 11.9. The fourth-order valence-corrected chi connectivity index (χ4v) is 7.49. The molecule has 0 aliphatic heterocycles. The molecule has 42 heavy (non-hydrogen) atoms. The minimum absolute atomic E-state index is 0.963. The minimum atomic E-state index is 0.963. The molecule has 0 N–H and O–H groups in total. The maximum atomic E-state index is 5.22. The molecule has 0 atom stereocenters. The van der Waals surface area contributed by atoms with Crippen LogP contribution in [0.4, 0.5) is 0 Å². The third kappa shape index (κ3) is 3.61. The van der Waals surface area contributed by atoms with Crippen molar-refractivity contribution >= 4 is 64.1 Å². The molecule has 2 nitrogen and oxygen atoms in total. The quantitative estimate of drug-likeness (QED) is 0.213. The van der Waals surface area contributed by atoms with Crippen molar-refractivity contribution in [3.63, 3.8) is 0 Å². The summed E-state index contributed by atoms with van der Waals surface area (Å²) in [5.74, 6) is 0. The van der Waals surface area contributed by atoms with Gasteiger partial charge in [0.2, 0.25) is 0 Å². The van der Waals surface area contributed by atoms with Crippen LogP contribution in [0.2, 0.25) is 0 Å². The van der Waals surface area contributed by atoms with Crippen molar-refractivity contribution in [2.24, 2.45) is 0 Å². The Hall–Kier alpha value is -5.25. The molecule has 0 bridgehead atoms. The van der Waals surface area contributed by atoms with E-state index in [1.165, 1.54) is 52.8 Å². The Morgan fingerprint density at radius 1 is 0.429 bits per heavy atom. The van der Waals surface area contributed by atoms with Gasteiger partial charge >= 0.3 is 0 Å². The fourth-order valence-electron chi connectivity index (χ4n) is 6.36. The Kier molecular flexibility index (Phi) is 5.10. The zero-order chi connectivity index (χ0) is 27.6. The van der Waals surface area contributed by atoms with E-state index in [4.69, 9.17) is 4.98 Å². The van der Waals surface area contributed by atoms with Gasteiger partial charge in [0.25, 0.3) is 0 Å². The molecular formula is C39H24N2S. The first-order valence-electron chi connectivity index (χ1n) is 14.2. The van der Waals surface area contributed by atoms with Gasteiger partial charge in [0, 0.05) is 42.1 Å². The highest BCUT2D eigenvalue weighted by Crippen LogP contribution is 2.41. The third-order valence-electron chi connectivity index (χ3n) is 8.35. The summed E-state index contributed by atoms with van der Waals surface area (Å²) in [5, 5.41) is 7.62. The lowest BCUT2D eigenvalue weighted by Gasteiger charge is -2.13. The van der Waals surface area contributed by atoms with Gasteiger partial charge in [-0.3, -0.25) is 0 Å². The molecule has 6 aromatic carbocycles. The molecule has 0 spiro atoms. The average molecular weight is 553 g/mol. The van der Waals surface area contributed by atoms with E-state index >= 15 is 0 Å². The molecule has 3 heteroatoms. The van der Waals surface area contributed by atoms with E-state index in [0.717, 1.165) is 28.2 Å². The molecular weight excluding hydrogens is 529 g/mol. The number of hydrogen-bond donors (Lipinski definition) is 0. The van der Waals surface area contributed by atoms with Crippen molar-refractivity contribution in [3.05, 3.63) is 146 Å². The molecule has 3 heterocycles. The van der Waals surface area contributed by atoms with Gasteiger partial charge in [0.05, 0.1) is 28.1 Å². The summed E-state index contributed by atoms with van der Waals surface area (Å²) in [6, 6.07) is 52.4. The van der Waals surface area contributed by atoms with E-state index in [-0.39, 0.29) is 0 Å². The van der Waals surface area contributed by atoms with E-state index < -0.39 is 0 Å².